The van der Waals surface area contributed by atoms with E-state index in [1.165, 1.54) is 0 Å². The van der Waals surface area contributed by atoms with Crippen LogP contribution in [0.15, 0.2) is 24.4 Å². The standard InChI is InChI=1S/C11H13BrN2O/c12-10-5-8-14(11(10)15)7-4-9-3-1-2-6-13-9/h1-3,6,10H,4-5,7-8H2. The molecule has 0 saturated carbocycles. The summed E-state index contributed by atoms with van der Waals surface area (Å²) in [6.07, 6.45) is 3.54. The SMILES string of the molecule is O=C1C(Br)CCN1CCc1ccccn1. The number of pyridine rings is 1. The first kappa shape index (κ1) is 10.6. The largest absolute Gasteiger partial charge is 0.341 e. The fourth-order valence-electron chi connectivity index (χ4n) is 1.72. The van der Waals surface area contributed by atoms with Crippen molar-refractivity contribution in [2.75, 3.05) is 13.1 Å². The van der Waals surface area contributed by atoms with E-state index in [-0.39, 0.29) is 10.7 Å². The molecule has 1 atom stereocenters. The van der Waals surface area contributed by atoms with Crippen LogP contribution in [0.4, 0.5) is 0 Å². The van der Waals surface area contributed by atoms with Gasteiger partial charge in [0.1, 0.15) is 0 Å². The van der Waals surface area contributed by atoms with Crippen molar-refractivity contribution < 1.29 is 4.79 Å². The number of rotatable bonds is 3. The van der Waals surface area contributed by atoms with Gasteiger partial charge in [0.2, 0.25) is 5.91 Å². The molecule has 1 aromatic rings. The molecule has 1 unspecified atom stereocenters. The van der Waals surface area contributed by atoms with Crippen LogP contribution in [-0.4, -0.2) is 33.7 Å². The lowest BCUT2D eigenvalue weighted by Gasteiger charge is -2.14. The van der Waals surface area contributed by atoms with Crippen LogP contribution in [0.25, 0.3) is 0 Å². The molecule has 1 fully saturated rings. The molecule has 0 aromatic carbocycles. The average molecular weight is 269 g/mol. The third-order valence-corrected chi connectivity index (χ3v) is 3.45. The number of halogens is 1. The highest BCUT2D eigenvalue weighted by molar-refractivity contribution is 9.10. The summed E-state index contributed by atoms with van der Waals surface area (Å²) in [5.41, 5.74) is 1.04. The summed E-state index contributed by atoms with van der Waals surface area (Å²) in [5, 5.41) is 0. The number of aromatic nitrogens is 1. The fraction of sp³-hybridized carbons (Fsp3) is 0.455. The molecule has 0 N–H and O–H groups in total. The molecule has 0 radical (unpaired) electrons. The normalized spacial score (nSPS) is 21.0. The first-order chi connectivity index (χ1) is 7.27. The Kier molecular flexibility index (Phi) is 3.36. The van der Waals surface area contributed by atoms with Crippen molar-refractivity contribution in [1.29, 1.82) is 0 Å². The van der Waals surface area contributed by atoms with Crippen LogP contribution in [0.1, 0.15) is 12.1 Å². The summed E-state index contributed by atoms with van der Waals surface area (Å²) in [6, 6.07) is 5.87. The fourth-order valence-corrected chi connectivity index (χ4v) is 2.21. The second-order valence-corrected chi connectivity index (χ2v) is 4.76. The number of amides is 1. The maximum Gasteiger partial charge on any atom is 0.236 e. The van der Waals surface area contributed by atoms with Crippen LogP contribution in [0.2, 0.25) is 0 Å². The minimum absolute atomic E-state index is 0.0289. The minimum atomic E-state index is 0.0289. The monoisotopic (exact) mass is 268 g/mol. The zero-order chi connectivity index (χ0) is 10.7. The second-order valence-electron chi connectivity index (χ2n) is 3.65. The summed E-state index contributed by atoms with van der Waals surface area (Å²) in [5.74, 6) is 0.214. The molecular weight excluding hydrogens is 256 g/mol. The van der Waals surface area contributed by atoms with Crippen molar-refractivity contribution in [2.24, 2.45) is 0 Å². The molecule has 0 bridgehead atoms. The van der Waals surface area contributed by atoms with Crippen molar-refractivity contribution in [3.05, 3.63) is 30.1 Å². The first-order valence-electron chi connectivity index (χ1n) is 5.10. The van der Waals surface area contributed by atoms with Gasteiger partial charge in [0.25, 0.3) is 0 Å². The third-order valence-electron chi connectivity index (χ3n) is 2.60. The number of carbonyl (C=O) groups is 1. The van der Waals surface area contributed by atoms with Gasteiger partial charge in [0, 0.05) is 31.4 Å². The average Bonchev–Trinajstić information content (AvgIpc) is 2.59. The van der Waals surface area contributed by atoms with Crippen molar-refractivity contribution in [1.82, 2.24) is 9.88 Å². The summed E-state index contributed by atoms with van der Waals surface area (Å²) >= 11 is 3.36. The Morgan fingerprint density at radius 2 is 2.40 bits per heavy atom. The molecule has 2 rings (SSSR count). The predicted molar refractivity (Wildman–Crippen MR) is 61.9 cm³/mol. The highest BCUT2D eigenvalue weighted by atomic mass is 79.9. The first-order valence-corrected chi connectivity index (χ1v) is 6.02. The summed E-state index contributed by atoms with van der Waals surface area (Å²) in [6.45, 7) is 1.64. The maximum absolute atomic E-state index is 11.6. The van der Waals surface area contributed by atoms with Gasteiger partial charge < -0.3 is 4.90 Å². The Bertz CT molecular complexity index is 342. The number of hydrogen-bond donors (Lipinski definition) is 0. The molecule has 1 aliphatic heterocycles. The molecule has 0 spiro atoms. The third kappa shape index (κ3) is 2.56. The van der Waals surface area contributed by atoms with E-state index < -0.39 is 0 Å². The van der Waals surface area contributed by atoms with Gasteiger partial charge in [0.15, 0.2) is 0 Å². The van der Waals surface area contributed by atoms with Crippen molar-refractivity contribution >= 4 is 21.8 Å². The van der Waals surface area contributed by atoms with E-state index in [4.69, 9.17) is 0 Å². The summed E-state index contributed by atoms with van der Waals surface area (Å²) < 4.78 is 0. The zero-order valence-corrected chi connectivity index (χ0v) is 9.98. The molecule has 4 heteroatoms. The van der Waals surface area contributed by atoms with Gasteiger partial charge in [0.05, 0.1) is 4.83 Å². The van der Waals surface area contributed by atoms with E-state index in [2.05, 4.69) is 20.9 Å². The Labute approximate surface area is 97.6 Å². The Hall–Kier alpha value is -0.900. The Morgan fingerprint density at radius 1 is 1.53 bits per heavy atom. The van der Waals surface area contributed by atoms with Crippen LogP contribution in [0.5, 0.6) is 0 Å². The Morgan fingerprint density at radius 3 is 3.00 bits per heavy atom. The van der Waals surface area contributed by atoms with Crippen LogP contribution < -0.4 is 0 Å². The highest BCUT2D eigenvalue weighted by Crippen LogP contribution is 2.18. The topological polar surface area (TPSA) is 33.2 Å². The maximum atomic E-state index is 11.6. The highest BCUT2D eigenvalue weighted by Gasteiger charge is 2.28. The predicted octanol–water partition coefficient (Wildman–Crippen LogP) is 1.62. The van der Waals surface area contributed by atoms with E-state index in [9.17, 15) is 4.79 Å². The Balaban J connectivity index is 1.87. The number of nitrogens with zero attached hydrogens (tertiary/aromatic N) is 2. The van der Waals surface area contributed by atoms with E-state index in [1.54, 1.807) is 6.20 Å². The van der Waals surface area contributed by atoms with Gasteiger partial charge in [-0.05, 0) is 18.6 Å². The zero-order valence-electron chi connectivity index (χ0n) is 8.40. The molecule has 0 aliphatic carbocycles. The van der Waals surface area contributed by atoms with Crippen LogP contribution >= 0.6 is 15.9 Å². The van der Waals surface area contributed by atoms with Crippen molar-refractivity contribution in [3.63, 3.8) is 0 Å². The summed E-state index contributed by atoms with van der Waals surface area (Å²) in [7, 11) is 0. The van der Waals surface area contributed by atoms with E-state index >= 15 is 0 Å². The number of carbonyl (C=O) groups excluding carboxylic acids is 1. The molecule has 1 aromatic heterocycles. The van der Waals surface area contributed by atoms with Gasteiger partial charge in [-0.25, -0.2) is 0 Å². The number of alkyl halides is 1. The number of likely N-dealkylation sites (tertiary alicyclic amines) is 1. The smallest absolute Gasteiger partial charge is 0.236 e. The molecule has 1 aliphatic rings. The van der Waals surface area contributed by atoms with Gasteiger partial charge >= 0.3 is 0 Å². The van der Waals surface area contributed by atoms with Crippen LogP contribution in [0, 0.1) is 0 Å². The molecule has 80 valence electrons. The lowest BCUT2D eigenvalue weighted by Crippen LogP contribution is -2.29. The van der Waals surface area contributed by atoms with Crippen molar-refractivity contribution in [3.8, 4) is 0 Å². The lowest BCUT2D eigenvalue weighted by atomic mass is 10.2. The molecule has 1 saturated heterocycles. The number of hydrogen-bond acceptors (Lipinski definition) is 2. The molecule has 15 heavy (non-hydrogen) atoms. The molecule has 3 nitrogen and oxygen atoms in total. The van der Waals surface area contributed by atoms with E-state index in [0.717, 1.165) is 31.6 Å². The molecule has 1 amide bonds. The second kappa shape index (κ2) is 4.75. The van der Waals surface area contributed by atoms with Gasteiger partial charge in [-0.3, -0.25) is 9.78 Å². The van der Waals surface area contributed by atoms with E-state index in [0.29, 0.717) is 0 Å². The minimum Gasteiger partial charge on any atom is -0.341 e. The van der Waals surface area contributed by atoms with E-state index in [1.807, 2.05) is 23.1 Å². The van der Waals surface area contributed by atoms with Crippen LogP contribution in [0.3, 0.4) is 0 Å². The molecular formula is C11H13BrN2O. The lowest BCUT2D eigenvalue weighted by molar-refractivity contribution is -0.127. The van der Waals surface area contributed by atoms with Crippen LogP contribution in [-0.2, 0) is 11.2 Å². The molecule has 2 heterocycles. The van der Waals surface area contributed by atoms with Crippen molar-refractivity contribution in [2.45, 2.75) is 17.7 Å². The quantitative estimate of drug-likeness (QED) is 0.781. The van der Waals surface area contributed by atoms with Gasteiger partial charge in [-0.15, -0.1) is 0 Å². The van der Waals surface area contributed by atoms with Gasteiger partial charge in [-0.2, -0.15) is 0 Å². The van der Waals surface area contributed by atoms with Gasteiger partial charge in [-0.1, -0.05) is 22.0 Å². The summed E-state index contributed by atoms with van der Waals surface area (Å²) in [4.78, 5) is 17.7.